The van der Waals surface area contributed by atoms with Crippen molar-refractivity contribution in [2.24, 2.45) is 0 Å². The number of hydrogen-bond donors (Lipinski definition) is 1. The second-order valence-electron chi connectivity index (χ2n) is 4.05. The van der Waals surface area contributed by atoms with E-state index in [1.54, 1.807) is 6.07 Å². The summed E-state index contributed by atoms with van der Waals surface area (Å²) in [5.74, 6) is 4.60. The molecule has 2 heterocycles. The molecule has 1 N–H and O–H groups in total. The number of phenols is 1. The molecule has 7 heteroatoms. The Balaban J connectivity index is 1.89. The number of halogens is 1. The first-order chi connectivity index (χ1) is 9.24. The first-order valence-electron chi connectivity index (χ1n) is 5.76. The molecule has 0 bridgehead atoms. The van der Waals surface area contributed by atoms with Gasteiger partial charge in [-0.1, -0.05) is 5.16 Å². The van der Waals surface area contributed by atoms with Crippen LogP contribution in [0.1, 0.15) is 11.1 Å². The van der Waals surface area contributed by atoms with E-state index in [9.17, 15) is 5.11 Å². The average molecular weight is 406 g/mol. The molecule has 0 aliphatic carbocycles. The molecule has 2 aromatic rings. The molecule has 1 aliphatic heterocycles. The van der Waals surface area contributed by atoms with Gasteiger partial charge >= 0.3 is 0 Å². The van der Waals surface area contributed by atoms with Crippen molar-refractivity contribution >= 4 is 46.1 Å². The Hall–Kier alpha value is -0.410. The Morgan fingerprint density at radius 1 is 1.37 bits per heavy atom. The fraction of sp³-hybridized carbons (Fsp3) is 0.333. The lowest BCUT2D eigenvalue weighted by atomic mass is 10.2. The summed E-state index contributed by atoms with van der Waals surface area (Å²) in [5, 5.41) is 14.2. The van der Waals surface area contributed by atoms with E-state index in [1.807, 2.05) is 35.7 Å². The summed E-state index contributed by atoms with van der Waals surface area (Å²) in [6.07, 6.45) is 0. The van der Waals surface area contributed by atoms with Crippen molar-refractivity contribution in [2.45, 2.75) is 5.25 Å². The smallest absolute Gasteiger partial charge is 0.261 e. The Labute approximate surface area is 132 Å². The van der Waals surface area contributed by atoms with Gasteiger partial charge in [0.2, 0.25) is 0 Å². The summed E-state index contributed by atoms with van der Waals surface area (Å²) in [6, 6.07) is 5.33. The highest BCUT2D eigenvalue weighted by Gasteiger charge is 2.23. The van der Waals surface area contributed by atoms with E-state index >= 15 is 0 Å². The fourth-order valence-corrected chi connectivity index (χ4v) is 4.87. The van der Waals surface area contributed by atoms with Crippen LogP contribution in [0, 0.1) is 3.57 Å². The summed E-state index contributed by atoms with van der Waals surface area (Å²) in [4.78, 5) is 4.43. The quantitative estimate of drug-likeness (QED) is 0.770. The average Bonchev–Trinajstić information content (AvgIpc) is 2.92. The summed E-state index contributed by atoms with van der Waals surface area (Å²) in [5.41, 5.74) is 0.596. The lowest BCUT2D eigenvalue weighted by Crippen LogP contribution is -2.07. The predicted molar refractivity (Wildman–Crippen MR) is 86.6 cm³/mol. The van der Waals surface area contributed by atoms with E-state index in [-0.39, 0.29) is 5.75 Å². The first-order valence-corrected chi connectivity index (χ1v) is 9.04. The summed E-state index contributed by atoms with van der Waals surface area (Å²) in [7, 11) is 0. The Morgan fingerprint density at radius 3 is 3.05 bits per heavy atom. The minimum atomic E-state index is 0.168. The number of phenolic OH excluding ortho intramolecular Hbond substituents is 1. The molecule has 19 heavy (non-hydrogen) atoms. The number of thioether (sulfide) groups is 2. The van der Waals surface area contributed by atoms with Crippen LogP contribution in [0.3, 0.4) is 0 Å². The molecule has 1 aromatic carbocycles. The maximum atomic E-state index is 9.87. The zero-order valence-electron chi connectivity index (χ0n) is 9.88. The van der Waals surface area contributed by atoms with Crippen molar-refractivity contribution in [1.82, 2.24) is 10.1 Å². The number of nitrogens with zero attached hydrogens (tertiary/aromatic N) is 2. The number of benzene rings is 1. The summed E-state index contributed by atoms with van der Waals surface area (Å²) >= 11 is 5.97. The lowest BCUT2D eigenvalue weighted by Gasteiger charge is -2.16. The van der Waals surface area contributed by atoms with Crippen LogP contribution in [0.5, 0.6) is 5.75 Å². The van der Waals surface area contributed by atoms with Gasteiger partial charge in [-0.05, 0) is 40.8 Å². The van der Waals surface area contributed by atoms with Crippen LogP contribution in [0.25, 0.3) is 11.5 Å². The van der Waals surface area contributed by atoms with Gasteiger partial charge in [0.1, 0.15) is 5.75 Å². The molecule has 1 aromatic heterocycles. The molecule has 1 aliphatic rings. The third-order valence-electron chi connectivity index (χ3n) is 2.73. The Bertz CT molecular complexity index is 585. The summed E-state index contributed by atoms with van der Waals surface area (Å²) < 4.78 is 6.31. The van der Waals surface area contributed by atoms with Gasteiger partial charge in [0.25, 0.3) is 5.89 Å². The van der Waals surface area contributed by atoms with Crippen molar-refractivity contribution in [3.8, 4) is 17.2 Å². The van der Waals surface area contributed by atoms with E-state index in [1.165, 1.54) is 5.75 Å². The van der Waals surface area contributed by atoms with Crippen molar-refractivity contribution in [2.75, 3.05) is 17.3 Å². The molecule has 1 saturated heterocycles. The Kier molecular flexibility index (Phi) is 4.23. The van der Waals surface area contributed by atoms with Gasteiger partial charge in [-0.2, -0.15) is 16.7 Å². The molecule has 1 unspecified atom stereocenters. The first kappa shape index (κ1) is 13.6. The van der Waals surface area contributed by atoms with E-state index in [2.05, 4.69) is 32.7 Å². The predicted octanol–water partition coefficient (Wildman–Crippen LogP) is 3.57. The number of rotatable bonds is 2. The van der Waals surface area contributed by atoms with Crippen molar-refractivity contribution in [3.05, 3.63) is 27.6 Å². The molecular weight excluding hydrogens is 395 g/mol. The maximum absolute atomic E-state index is 9.87. The number of aromatic nitrogens is 2. The van der Waals surface area contributed by atoms with Crippen LogP contribution in [0.2, 0.25) is 0 Å². The monoisotopic (exact) mass is 406 g/mol. The van der Waals surface area contributed by atoms with Gasteiger partial charge in [0, 0.05) is 20.8 Å². The number of hydrogen-bond acceptors (Lipinski definition) is 6. The lowest BCUT2D eigenvalue weighted by molar-refractivity contribution is 0.418. The normalized spacial score (nSPS) is 19.5. The van der Waals surface area contributed by atoms with Crippen molar-refractivity contribution in [1.29, 1.82) is 0 Å². The van der Waals surface area contributed by atoms with E-state index in [0.29, 0.717) is 16.7 Å². The molecule has 1 fully saturated rings. The van der Waals surface area contributed by atoms with Gasteiger partial charge in [-0.3, -0.25) is 0 Å². The Morgan fingerprint density at radius 2 is 2.26 bits per heavy atom. The van der Waals surface area contributed by atoms with E-state index in [4.69, 9.17) is 4.52 Å². The minimum absolute atomic E-state index is 0.168. The third-order valence-corrected chi connectivity index (χ3v) is 6.16. The molecule has 0 spiro atoms. The fourth-order valence-electron chi connectivity index (χ4n) is 1.79. The van der Waals surface area contributed by atoms with Crippen molar-refractivity contribution in [3.63, 3.8) is 0 Å². The molecular formula is C12H11IN2O2S2. The third kappa shape index (κ3) is 3.03. The molecule has 0 saturated carbocycles. The summed E-state index contributed by atoms with van der Waals surface area (Å²) in [6.45, 7) is 0. The highest BCUT2D eigenvalue weighted by Crippen LogP contribution is 2.37. The topological polar surface area (TPSA) is 59.2 Å². The van der Waals surface area contributed by atoms with E-state index < -0.39 is 0 Å². The highest BCUT2D eigenvalue weighted by molar-refractivity contribution is 14.1. The van der Waals surface area contributed by atoms with Crippen LogP contribution in [-0.4, -0.2) is 32.5 Å². The molecule has 4 nitrogen and oxygen atoms in total. The second-order valence-corrected chi connectivity index (χ2v) is 7.76. The van der Waals surface area contributed by atoms with Gasteiger partial charge in [0.05, 0.1) is 10.8 Å². The molecule has 0 radical (unpaired) electrons. The maximum Gasteiger partial charge on any atom is 0.261 e. The largest absolute Gasteiger partial charge is 0.507 e. The van der Waals surface area contributed by atoms with Gasteiger partial charge < -0.3 is 9.63 Å². The highest BCUT2D eigenvalue weighted by atomic mass is 127. The molecule has 100 valence electrons. The van der Waals surface area contributed by atoms with Crippen LogP contribution < -0.4 is 0 Å². The zero-order chi connectivity index (χ0) is 13.2. The van der Waals surface area contributed by atoms with E-state index in [0.717, 1.165) is 20.9 Å². The van der Waals surface area contributed by atoms with Gasteiger partial charge in [-0.15, -0.1) is 11.8 Å². The number of aromatic hydroxyl groups is 1. The van der Waals surface area contributed by atoms with Gasteiger partial charge in [-0.25, -0.2) is 0 Å². The van der Waals surface area contributed by atoms with Crippen LogP contribution in [0.4, 0.5) is 0 Å². The second kappa shape index (κ2) is 5.92. The van der Waals surface area contributed by atoms with Gasteiger partial charge in [0.15, 0.2) is 5.82 Å². The zero-order valence-corrected chi connectivity index (χ0v) is 13.7. The van der Waals surface area contributed by atoms with Crippen LogP contribution in [-0.2, 0) is 0 Å². The van der Waals surface area contributed by atoms with Crippen LogP contribution >= 0.6 is 46.1 Å². The molecule has 1 atom stereocenters. The SMILES string of the molecule is Oc1ccc(I)cc1-c1nc(C2CSCCS2)no1. The molecule has 0 amide bonds. The van der Waals surface area contributed by atoms with Crippen LogP contribution in [0.15, 0.2) is 22.7 Å². The minimum Gasteiger partial charge on any atom is -0.507 e. The molecule has 3 rings (SSSR count). The standard InChI is InChI=1S/C12H11IN2O2S2/c13-7-1-2-9(16)8(5-7)12-14-11(15-17-12)10-6-18-3-4-19-10/h1-2,5,10,16H,3-4,6H2. The van der Waals surface area contributed by atoms with Crippen molar-refractivity contribution < 1.29 is 9.63 Å².